The van der Waals surface area contributed by atoms with Crippen LogP contribution in [0, 0.1) is 23.7 Å². The van der Waals surface area contributed by atoms with Crippen molar-refractivity contribution in [2.24, 2.45) is 23.7 Å². The Morgan fingerprint density at radius 1 is 0.778 bits per heavy atom. The van der Waals surface area contributed by atoms with E-state index in [0.29, 0.717) is 11.8 Å². The van der Waals surface area contributed by atoms with E-state index in [0.717, 1.165) is 58.1 Å². The summed E-state index contributed by atoms with van der Waals surface area (Å²) in [5.74, 6) is 0.442. The first-order chi connectivity index (χ1) is 12.7. The van der Waals surface area contributed by atoms with E-state index in [4.69, 9.17) is 9.84 Å². The number of carboxylic acids is 1. The average Bonchev–Trinajstić information content (AvgIpc) is 2.61. The van der Waals surface area contributed by atoms with Crippen LogP contribution in [0.25, 0.3) is 0 Å². The highest BCUT2D eigenvalue weighted by Crippen LogP contribution is 2.33. The second-order valence-corrected chi connectivity index (χ2v) is 12.5. The van der Waals surface area contributed by atoms with Crippen molar-refractivity contribution < 1.29 is 19.4 Å². The number of esters is 1. The zero-order valence-electron chi connectivity index (χ0n) is 15.3. The molecule has 0 atom stereocenters. The number of hydrogen-bond donors (Lipinski definition) is 1. The maximum Gasteiger partial charge on any atom is 0.308 e. The van der Waals surface area contributed by atoms with Crippen LogP contribution in [0.3, 0.4) is 0 Å². The van der Waals surface area contributed by atoms with Gasteiger partial charge in [-0.2, -0.15) is 0 Å². The van der Waals surface area contributed by atoms with Crippen molar-refractivity contribution in [1.82, 2.24) is 0 Å². The van der Waals surface area contributed by atoms with Crippen LogP contribution >= 0.6 is 63.7 Å². The van der Waals surface area contributed by atoms with E-state index >= 15 is 0 Å². The van der Waals surface area contributed by atoms with E-state index in [1.807, 2.05) is 0 Å². The van der Waals surface area contributed by atoms with Crippen LogP contribution in [0.1, 0.15) is 51.4 Å². The summed E-state index contributed by atoms with van der Waals surface area (Å²) in [5, 5.41) is 8.77. The van der Waals surface area contributed by atoms with Gasteiger partial charge < -0.3 is 9.84 Å². The number of carbonyl (C=O) groups excluding carboxylic acids is 1. The molecule has 0 aliphatic heterocycles. The average molecular weight is 638 g/mol. The smallest absolute Gasteiger partial charge is 0.308 e. The molecule has 8 heteroatoms. The number of carbonyl (C=O) groups is 2. The minimum absolute atomic E-state index is 0.0506. The van der Waals surface area contributed by atoms with Gasteiger partial charge in [-0.3, -0.25) is 9.59 Å². The van der Waals surface area contributed by atoms with Crippen molar-refractivity contribution in [2.75, 3.05) is 7.11 Å². The predicted molar refractivity (Wildman–Crippen MR) is 122 cm³/mol. The van der Waals surface area contributed by atoms with Gasteiger partial charge in [-0.05, 0) is 127 Å². The van der Waals surface area contributed by atoms with E-state index in [1.165, 1.54) is 7.11 Å². The number of hydrogen-bond acceptors (Lipinski definition) is 3. The summed E-state index contributed by atoms with van der Waals surface area (Å²) in [7, 11) is 1.46. The monoisotopic (exact) mass is 634 g/mol. The molecular weight excluding hydrogens is 612 g/mol. The molecule has 0 bridgehead atoms. The lowest BCUT2D eigenvalue weighted by molar-refractivity contribution is -0.146. The number of halogens is 4. The molecular formula is C19H26Br4O4. The zero-order chi connectivity index (χ0) is 20.4. The normalized spacial score (nSPS) is 27.4. The summed E-state index contributed by atoms with van der Waals surface area (Å²) in [4.78, 5) is 21.9. The molecule has 0 amide bonds. The lowest BCUT2D eigenvalue weighted by atomic mass is 9.82. The third-order valence-corrected chi connectivity index (χ3v) is 6.21. The van der Waals surface area contributed by atoms with Crippen LogP contribution in [0.5, 0.6) is 0 Å². The molecule has 2 fully saturated rings. The number of rotatable bonds is 4. The van der Waals surface area contributed by atoms with Crippen molar-refractivity contribution in [1.29, 1.82) is 0 Å². The highest BCUT2D eigenvalue weighted by atomic mass is 79.9. The van der Waals surface area contributed by atoms with Gasteiger partial charge in [-0.1, -0.05) is 12.2 Å². The van der Waals surface area contributed by atoms with Crippen molar-refractivity contribution in [3.63, 3.8) is 0 Å². The molecule has 154 valence electrons. The topological polar surface area (TPSA) is 63.6 Å². The molecule has 0 heterocycles. The molecule has 4 nitrogen and oxygen atoms in total. The van der Waals surface area contributed by atoms with Gasteiger partial charge in [0.15, 0.2) is 0 Å². The molecule has 2 saturated carbocycles. The minimum atomic E-state index is -0.639. The lowest BCUT2D eigenvalue weighted by Crippen LogP contribution is -2.22. The molecule has 0 saturated heterocycles. The number of aliphatic carboxylic acids is 1. The van der Waals surface area contributed by atoms with Crippen LogP contribution in [0.15, 0.2) is 18.9 Å². The molecule has 27 heavy (non-hydrogen) atoms. The third kappa shape index (κ3) is 10.6. The Labute approximate surface area is 195 Å². The molecule has 2 aliphatic rings. The Kier molecular flexibility index (Phi) is 12.7. The molecule has 1 N–H and O–H groups in total. The van der Waals surface area contributed by atoms with Gasteiger partial charge in [0.05, 0.1) is 25.7 Å². The molecule has 0 radical (unpaired) electrons. The molecule has 0 spiro atoms. The van der Waals surface area contributed by atoms with E-state index in [-0.39, 0.29) is 17.8 Å². The SMILES string of the molecule is COC(=O)C1CCC(C=C(Br)Br)CC1.O=C(O)[C@H]1CC[C@H](C=C(Br)Br)CC1. The first kappa shape index (κ1) is 25.4. The molecule has 0 aromatic rings. The first-order valence-electron chi connectivity index (χ1n) is 9.09. The van der Waals surface area contributed by atoms with Gasteiger partial charge in [0.2, 0.25) is 0 Å². The third-order valence-electron chi connectivity index (χ3n) is 5.15. The van der Waals surface area contributed by atoms with Crippen molar-refractivity contribution >= 4 is 75.7 Å². The highest BCUT2D eigenvalue weighted by Gasteiger charge is 2.26. The first-order valence-corrected chi connectivity index (χ1v) is 12.3. The summed E-state index contributed by atoms with van der Waals surface area (Å²) < 4.78 is 6.71. The van der Waals surface area contributed by atoms with Crippen molar-refractivity contribution in [3.05, 3.63) is 18.9 Å². The Balaban J connectivity index is 0.000000271. The highest BCUT2D eigenvalue weighted by molar-refractivity contribution is 9.28. The maximum absolute atomic E-state index is 11.2. The van der Waals surface area contributed by atoms with Crippen LogP contribution in [0.4, 0.5) is 0 Å². The predicted octanol–water partition coefficient (Wildman–Crippen LogP) is 7.11. The van der Waals surface area contributed by atoms with E-state index in [2.05, 4.69) is 75.9 Å². The zero-order valence-corrected chi connectivity index (χ0v) is 21.6. The summed E-state index contributed by atoms with van der Waals surface area (Å²) >= 11 is 13.3. The maximum atomic E-state index is 11.2. The summed E-state index contributed by atoms with van der Waals surface area (Å²) in [6, 6.07) is 0. The fourth-order valence-electron chi connectivity index (χ4n) is 3.58. The van der Waals surface area contributed by atoms with E-state index < -0.39 is 5.97 Å². The van der Waals surface area contributed by atoms with Crippen LogP contribution in [-0.2, 0) is 14.3 Å². The van der Waals surface area contributed by atoms with Crippen LogP contribution in [-0.4, -0.2) is 24.2 Å². The molecule has 0 aromatic carbocycles. The van der Waals surface area contributed by atoms with Gasteiger partial charge in [0.25, 0.3) is 0 Å². The van der Waals surface area contributed by atoms with Crippen LogP contribution in [0.2, 0.25) is 0 Å². The van der Waals surface area contributed by atoms with Gasteiger partial charge in [-0.15, -0.1) is 0 Å². The fraction of sp³-hybridized carbons (Fsp3) is 0.684. The van der Waals surface area contributed by atoms with Gasteiger partial charge >= 0.3 is 11.9 Å². The quantitative estimate of drug-likeness (QED) is 0.334. The van der Waals surface area contributed by atoms with Gasteiger partial charge in [0.1, 0.15) is 0 Å². The Morgan fingerprint density at radius 3 is 1.44 bits per heavy atom. The largest absolute Gasteiger partial charge is 0.481 e. The summed E-state index contributed by atoms with van der Waals surface area (Å²) in [5.41, 5.74) is 0. The van der Waals surface area contributed by atoms with E-state index in [9.17, 15) is 9.59 Å². The Bertz CT molecular complexity index is 538. The lowest BCUT2D eigenvalue weighted by Gasteiger charge is -2.24. The molecule has 0 aromatic heterocycles. The number of carboxylic acid groups (broad SMARTS) is 1. The number of methoxy groups -OCH3 is 1. The summed E-state index contributed by atoms with van der Waals surface area (Å²) in [6.45, 7) is 0. The molecule has 2 aliphatic carbocycles. The van der Waals surface area contributed by atoms with E-state index in [1.54, 1.807) is 0 Å². The standard InChI is InChI=1S/C10H14Br2O2.C9H12Br2O2/c1-14-10(13)8-4-2-7(3-5-8)6-9(11)12;10-8(11)5-6-1-3-7(4-2-6)9(12)13/h6-8H,2-5H2,1H3;5-7H,1-4H2,(H,12,13)/t;6-,7-. The molecule has 0 unspecified atom stereocenters. The Hall–Kier alpha value is 0.340. The molecule has 2 rings (SSSR count). The number of ether oxygens (including phenoxy) is 1. The van der Waals surface area contributed by atoms with Crippen molar-refractivity contribution in [3.8, 4) is 0 Å². The van der Waals surface area contributed by atoms with Crippen LogP contribution < -0.4 is 0 Å². The minimum Gasteiger partial charge on any atom is -0.481 e. The van der Waals surface area contributed by atoms with Gasteiger partial charge in [0, 0.05) is 0 Å². The number of allylic oxidation sites excluding steroid dienone is 2. The second kappa shape index (κ2) is 13.5. The van der Waals surface area contributed by atoms with Crippen molar-refractivity contribution in [2.45, 2.75) is 51.4 Å². The second-order valence-electron chi connectivity index (χ2n) is 7.00. The summed E-state index contributed by atoms with van der Waals surface area (Å²) in [6.07, 6.45) is 11.9. The fourth-order valence-corrected chi connectivity index (χ4v) is 5.07. The Morgan fingerprint density at radius 2 is 1.15 bits per heavy atom. The van der Waals surface area contributed by atoms with Gasteiger partial charge in [-0.25, -0.2) is 0 Å².